The Balaban J connectivity index is 1.52. The molecule has 1 fully saturated rings. The van der Waals surface area contributed by atoms with Crippen LogP contribution in [0, 0.1) is 0 Å². The number of hydrogen-bond acceptors (Lipinski definition) is 7. The standard InChI is InChI=1S/C25H35N5O4/c1-5-30(6-2)14-13-26-24(31)17-7-9-18(10-8-17)27-25(32)22-16-21(28-29-22)20-12-11-19(33-3)15-23(20)34-4/h7-12,15,21-22,28-29H,5-6,13-14,16H2,1-4H3,(H,26,31)(H,27,32). The maximum absolute atomic E-state index is 12.8. The summed E-state index contributed by atoms with van der Waals surface area (Å²) in [6.45, 7) is 7.54. The molecule has 0 spiro atoms. The Labute approximate surface area is 201 Å². The molecule has 3 rings (SSSR count). The maximum Gasteiger partial charge on any atom is 0.251 e. The molecule has 9 heteroatoms. The van der Waals surface area contributed by atoms with E-state index in [1.54, 1.807) is 38.5 Å². The van der Waals surface area contributed by atoms with Gasteiger partial charge in [0.2, 0.25) is 5.91 Å². The van der Waals surface area contributed by atoms with Crippen LogP contribution < -0.4 is 31.0 Å². The van der Waals surface area contributed by atoms with Crippen LogP contribution in [-0.2, 0) is 4.79 Å². The second-order valence-electron chi connectivity index (χ2n) is 8.09. The molecule has 1 heterocycles. The summed E-state index contributed by atoms with van der Waals surface area (Å²) in [5, 5.41) is 5.85. The molecule has 0 aliphatic carbocycles. The van der Waals surface area contributed by atoms with Crippen LogP contribution in [0.15, 0.2) is 42.5 Å². The van der Waals surface area contributed by atoms with Crippen molar-refractivity contribution >= 4 is 17.5 Å². The predicted octanol–water partition coefficient (Wildman–Crippen LogP) is 2.32. The van der Waals surface area contributed by atoms with Crippen LogP contribution in [0.25, 0.3) is 0 Å². The van der Waals surface area contributed by atoms with E-state index in [1.165, 1.54) is 0 Å². The van der Waals surface area contributed by atoms with Gasteiger partial charge in [-0.25, -0.2) is 10.9 Å². The van der Waals surface area contributed by atoms with Gasteiger partial charge in [0, 0.05) is 36.0 Å². The van der Waals surface area contributed by atoms with E-state index in [0.29, 0.717) is 35.7 Å². The normalized spacial score (nSPS) is 17.4. The molecule has 9 nitrogen and oxygen atoms in total. The molecule has 2 atom stereocenters. The van der Waals surface area contributed by atoms with Gasteiger partial charge in [0.25, 0.3) is 5.91 Å². The topological polar surface area (TPSA) is 104 Å². The van der Waals surface area contributed by atoms with Crippen LogP contribution >= 0.6 is 0 Å². The molecule has 1 aliphatic rings. The number of carbonyl (C=O) groups is 2. The van der Waals surface area contributed by atoms with Gasteiger partial charge in [0.05, 0.1) is 20.3 Å². The highest BCUT2D eigenvalue weighted by atomic mass is 16.5. The summed E-state index contributed by atoms with van der Waals surface area (Å²) in [7, 11) is 3.22. The molecule has 2 unspecified atom stereocenters. The van der Waals surface area contributed by atoms with Crippen LogP contribution in [-0.4, -0.2) is 63.2 Å². The average Bonchev–Trinajstić information content (AvgIpc) is 3.37. The first kappa shape index (κ1) is 25.5. The summed E-state index contributed by atoms with van der Waals surface area (Å²) in [6.07, 6.45) is 0.557. The summed E-state index contributed by atoms with van der Waals surface area (Å²) in [5.74, 6) is 1.13. The first-order chi connectivity index (χ1) is 16.5. The Morgan fingerprint density at radius 1 is 1.03 bits per heavy atom. The van der Waals surface area contributed by atoms with E-state index in [2.05, 4.69) is 40.2 Å². The maximum atomic E-state index is 12.8. The summed E-state index contributed by atoms with van der Waals surface area (Å²) in [4.78, 5) is 27.4. The molecule has 0 radical (unpaired) electrons. The van der Waals surface area contributed by atoms with Crippen molar-refractivity contribution in [3.05, 3.63) is 53.6 Å². The first-order valence-corrected chi connectivity index (χ1v) is 11.6. The van der Waals surface area contributed by atoms with Gasteiger partial charge in [-0.05, 0) is 49.8 Å². The molecule has 2 aromatic rings. The number of carbonyl (C=O) groups excluding carboxylic acids is 2. The molecule has 2 aromatic carbocycles. The second kappa shape index (κ2) is 12.4. The lowest BCUT2D eigenvalue weighted by Gasteiger charge is -2.18. The number of ether oxygens (including phenoxy) is 2. The Bertz CT molecular complexity index is 962. The monoisotopic (exact) mass is 469 g/mol. The number of likely N-dealkylation sites (N-methyl/N-ethyl adjacent to an activating group) is 1. The number of amides is 2. The van der Waals surface area contributed by atoms with Crippen molar-refractivity contribution in [2.24, 2.45) is 0 Å². The van der Waals surface area contributed by atoms with Crippen LogP contribution in [0.4, 0.5) is 5.69 Å². The van der Waals surface area contributed by atoms with Gasteiger partial charge in [-0.3, -0.25) is 9.59 Å². The highest BCUT2D eigenvalue weighted by Gasteiger charge is 2.31. The number of anilines is 1. The fourth-order valence-electron chi connectivity index (χ4n) is 3.94. The van der Waals surface area contributed by atoms with Crippen LogP contribution in [0.5, 0.6) is 11.5 Å². The smallest absolute Gasteiger partial charge is 0.251 e. The summed E-state index contributed by atoms with van der Waals surface area (Å²) in [6, 6.07) is 12.0. The summed E-state index contributed by atoms with van der Waals surface area (Å²) >= 11 is 0. The fourth-order valence-corrected chi connectivity index (χ4v) is 3.94. The van der Waals surface area contributed by atoms with Gasteiger partial charge < -0.3 is 25.0 Å². The third kappa shape index (κ3) is 6.47. The molecule has 0 bridgehead atoms. The molecule has 2 amide bonds. The predicted molar refractivity (Wildman–Crippen MR) is 132 cm³/mol. The summed E-state index contributed by atoms with van der Waals surface area (Å²) in [5.41, 5.74) is 8.38. The zero-order chi connectivity index (χ0) is 24.5. The van der Waals surface area contributed by atoms with E-state index < -0.39 is 6.04 Å². The SMILES string of the molecule is CCN(CC)CCNC(=O)c1ccc(NC(=O)C2CC(c3ccc(OC)cc3OC)NN2)cc1. The molecule has 1 aliphatic heterocycles. The lowest BCUT2D eigenvalue weighted by Crippen LogP contribution is -2.39. The number of methoxy groups -OCH3 is 2. The molecular weight excluding hydrogens is 434 g/mol. The van der Waals surface area contributed by atoms with Crippen molar-refractivity contribution in [2.75, 3.05) is 45.7 Å². The number of nitrogens with one attached hydrogen (secondary N) is 4. The van der Waals surface area contributed by atoms with Crippen molar-refractivity contribution in [2.45, 2.75) is 32.4 Å². The first-order valence-electron chi connectivity index (χ1n) is 11.6. The quantitative estimate of drug-likeness (QED) is 0.400. The number of rotatable bonds is 11. The lowest BCUT2D eigenvalue weighted by molar-refractivity contribution is -0.117. The molecular formula is C25H35N5O4. The Kier molecular flexibility index (Phi) is 9.26. The lowest BCUT2D eigenvalue weighted by atomic mass is 10.0. The third-order valence-electron chi connectivity index (χ3n) is 6.06. The highest BCUT2D eigenvalue weighted by Crippen LogP contribution is 2.33. The Hall–Kier alpha value is -3.14. The van der Waals surface area contributed by atoms with Crippen molar-refractivity contribution in [3.8, 4) is 11.5 Å². The number of hydrogen-bond donors (Lipinski definition) is 4. The molecule has 0 saturated carbocycles. The van der Waals surface area contributed by atoms with Gasteiger partial charge >= 0.3 is 0 Å². The van der Waals surface area contributed by atoms with Crippen molar-refractivity contribution in [3.63, 3.8) is 0 Å². The zero-order valence-electron chi connectivity index (χ0n) is 20.3. The van der Waals surface area contributed by atoms with Gasteiger partial charge in [0.1, 0.15) is 17.5 Å². The zero-order valence-corrected chi connectivity index (χ0v) is 20.3. The third-order valence-corrected chi connectivity index (χ3v) is 6.06. The van der Waals surface area contributed by atoms with Gasteiger partial charge in [0.15, 0.2) is 0 Å². The van der Waals surface area contributed by atoms with Crippen LogP contribution in [0.3, 0.4) is 0 Å². The van der Waals surface area contributed by atoms with E-state index in [4.69, 9.17) is 9.47 Å². The Morgan fingerprint density at radius 3 is 2.41 bits per heavy atom. The van der Waals surface area contributed by atoms with E-state index in [1.807, 2.05) is 18.2 Å². The van der Waals surface area contributed by atoms with Crippen LogP contribution in [0.2, 0.25) is 0 Å². The molecule has 1 saturated heterocycles. The second-order valence-corrected chi connectivity index (χ2v) is 8.09. The molecule has 0 aromatic heterocycles. The Morgan fingerprint density at radius 2 is 1.76 bits per heavy atom. The van der Waals surface area contributed by atoms with E-state index in [-0.39, 0.29) is 17.9 Å². The fraction of sp³-hybridized carbons (Fsp3) is 0.440. The molecule has 4 N–H and O–H groups in total. The van der Waals surface area contributed by atoms with Crippen LogP contribution in [0.1, 0.15) is 42.2 Å². The summed E-state index contributed by atoms with van der Waals surface area (Å²) < 4.78 is 10.7. The van der Waals surface area contributed by atoms with Gasteiger partial charge in [-0.1, -0.05) is 19.9 Å². The number of benzene rings is 2. The minimum Gasteiger partial charge on any atom is -0.497 e. The highest BCUT2D eigenvalue weighted by molar-refractivity contribution is 5.97. The minimum atomic E-state index is -0.417. The van der Waals surface area contributed by atoms with Crippen molar-refractivity contribution in [1.29, 1.82) is 0 Å². The van der Waals surface area contributed by atoms with E-state index in [9.17, 15) is 9.59 Å². The van der Waals surface area contributed by atoms with Gasteiger partial charge in [-0.2, -0.15) is 0 Å². The van der Waals surface area contributed by atoms with Crippen molar-refractivity contribution in [1.82, 2.24) is 21.1 Å². The van der Waals surface area contributed by atoms with E-state index >= 15 is 0 Å². The van der Waals surface area contributed by atoms with Crippen molar-refractivity contribution < 1.29 is 19.1 Å². The van der Waals surface area contributed by atoms with E-state index in [0.717, 1.165) is 25.2 Å². The average molecular weight is 470 g/mol. The number of nitrogens with zero attached hydrogens (tertiary/aromatic N) is 1. The number of hydrazine groups is 1. The van der Waals surface area contributed by atoms with Gasteiger partial charge in [-0.15, -0.1) is 0 Å². The molecule has 34 heavy (non-hydrogen) atoms. The largest absolute Gasteiger partial charge is 0.497 e. The molecule has 184 valence electrons. The minimum absolute atomic E-state index is 0.0842.